The van der Waals surface area contributed by atoms with Gasteiger partial charge in [0, 0.05) is 38.6 Å². The van der Waals surface area contributed by atoms with Crippen LogP contribution in [0.4, 0.5) is 5.69 Å². The van der Waals surface area contributed by atoms with Crippen LogP contribution in [0.25, 0.3) is 0 Å². The lowest BCUT2D eigenvalue weighted by Crippen LogP contribution is -2.49. The Hall–Kier alpha value is -1.90. The van der Waals surface area contributed by atoms with Crippen LogP contribution in [0.15, 0.2) is 24.3 Å². The van der Waals surface area contributed by atoms with E-state index in [1.165, 1.54) is 0 Å². The van der Waals surface area contributed by atoms with Gasteiger partial charge in [-0.05, 0) is 19.1 Å². The van der Waals surface area contributed by atoms with Crippen molar-refractivity contribution in [3.8, 4) is 6.07 Å². The van der Waals surface area contributed by atoms with Gasteiger partial charge in [0.2, 0.25) is 5.91 Å². The molecule has 5 nitrogen and oxygen atoms in total. The number of benzene rings is 1. The highest BCUT2D eigenvalue weighted by atomic mass is 16.1. The summed E-state index contributed by atoms with van der Waals surface area (Å²) in [6, 6.07) is 9.61. The van der Waals surface area contributed by atoms with Crippen LogP contribution >= 0.6 is 0 Å². The maximum Gasteiger partial charge on any atom is 0.225 e. The topological polar surface area (TPSA) is 68.2 Å². The maximum atomic E-state index is 11.9. The largest absolute Gasteiger partial charge is 0.325 e. The zero-order valence-corrected chi connectivity index (χ0v) is 11.7. The molecule has 1 aromatic carbocycles. The van der Waals surface area contributed by atoms with Crippen molar-refractivity contribution in [2.45, 2.75) is 19.4 Å². The molecule has 0 bridgehead atoms. The number of nitrogens with one attached hydrogen (secondary N) is 2. The molecule has 0 aromatic heterocycles. The van der Waals surface area contributed by atoms with Gasteiger partial charge in [-0.15, -0.1) is 0 Å². The van der Waals surface area contributed by atoms with E-state index in [0.717, 1.165) is 26.2 Å². The number of anilines is 1. The predicted molar refractivity (Wildman–Crippen MR) is 78.3 cm³/mol. The highest BCUT2D eigenvalue weighted by Gasteiger charge is 2.16. The van der Waals surface area contributed by atoms with E-state index in [-0.39, 0.29) is 5.91 Å². The Morgan fingerprint density at radius 2 is 2.35 bits per heavy atom. The van der Waals surface area contributed by atoms with Crippen LogP contribution in [0.5, 0.6) is 0 Å². The monoisotopic (exact) mass is 272 g/mol. The first-order chi connectivity index (χ1) is 9.69. The first kappa shape index (κ1) is 14.5. The van der Waals surface area contributed by atoms with Gasteiger partial charge in [0.25, 0.3) is 0 Å². The van der Waals surface area contributed by atoms with Crippen LogP contribution in [0.1, 0.15) is 18.9 Å². The summed E-state index contributed by atoms with van der Waals surface area (Å²) >= 11 is 0. The number of carbonyl (C=O) groups excluding carboxylic acids is 1. The quantitative estimate of drug-likeness (QED) is 0.863. The summed E-state index contributed by atoms with van der Waals surface area (Å²) in [6.45, 7) is 5.83. The first-order valence-corrected chi connectivity index (χ1v) is 6.94. The van der Waals surface area contributed by atoms with Gasteiger partial charge >= 0.3 is 0 Å². The van der Waals surface area contributed by atoms with E-state index >= 15 is 0 Å². The highest BCUT2D eigenvalue weighted by molar-refractivity contribution is 5.92. The molecule has 1 heterocycles. The fraction of sp³-hybridized carbons (Fsp3) is 0.467. The molecule has 1 aliphatic heterocycles. The molecular formula is C15H20N4O. The van der Waals surface area contributed by atoms with Gasteiger partial charge in [0.1, 0.15) is 6.07 Å². The molecule has 5 heteroatoms. The second-order valence-electron chi connectivity index (χ2n) is 5.11. The fourth-order valence-electron chi connectivity index (χ4n) is 2.38. The molecule has 2 rings (SSSR count). The van der Waals surface area contributed by atoms with Crippen molar-refractivity contribution in [2.24, 2.45) is 0 Å². The SMILES string of the molecule is CC1CN(CCC(=O)Nc2ccccc2C#N)CCN1. The van der Waals surface area contributed by atoms with Gasteiger partial charge < -0.3 is 15.5 Å². The Labute approximate surface area is 119 Å². The summed E-state index contributed by atoms with van der Waals surface area (Å²) in [4.78, 5) is 14.2. The summed E-state index contributed by atoms with van der Waals surface area (Å²) < 4.78 is 0. The molecule has 0 aliphatic carbocycles. The number of para-hydroxylation sites is 1. The third kappa shape index (κ3) is 4.05. The molecule has 106 valence electrons. The van der Waals surface area contributed by atoms with Crippen LogP contribution in [-0.2, 0) is 4.79 Å². The number of hydrogen-bond acceptors (Lipinski definition) is 4. The van der Waals surface area contributed by atoms with E-state index in [2.05, 4.69) is 28.5 Å². The van der Waals surface area contributed by atoms with Crippen molar-refractivity contribution in [1.82, 2.24) is 10.2 Å². The minimum Gasteiger partial charge on any atom is -0.325 e. The second-order valence-corrected chi connectivity index (χ2v) is 5.11. The van der Waals surface area contributed by atoms with Crippen LogP contribution in [0, 0.1) is 11.3 Å². The normalized spacial score (nSPS) is 19.3. The van der Waals surface area contributed by atoms with Gasteiger partial charge in [-0.2, -0.15) is 5.26 Å². The third-order valence-electron chi connectivity index (χ3n) is 3.43. The number of hydrogen-bond donors (Lipinski definition) is 2. The Morgan fingerprint density at radius 1 is 1.55 bits per heavy atom. The van der Waals surface area contributed by atoms with Gasteiger partial charge in [-0.1, -0.05) is 12.1 Å². The van der Waals surface area contributed by atoms with E-state index in [4.69, 9.17) is 5.26 Å². The molecule has 0 saturated carbocycles. The molecule has 1 saturated heterocycles. The third-order valence-corrected chi connectivity index (χ3v) is 3.43. The van der Waals surface area contributed by atoms with E-state index in [9.17, 15) is 4.79 Å². The summed E-state index contributed by atoms with van der Waals surface area (Å²) in [6.07, 6.45) is 0.451. The van der Waals surface area contributed by atoms with Crippen molar-refractivity contribution < 1.29 is 4.79 Å². The highest BCUT2D eigenvalue weighted by Crippen LogP contribution is 2.13. The smallest absolute Gasteiger partial charge is 0.225 e. The van der Waals surface area contributed by atoms with E-state index in [0.29, 0.717) is 23.7 Å². The number of amides is 1. The number of rotatable bonds is 4. The first-order valence-electron chi connectivity index (χ1n) is 6.94. The molecule has 1 fully saturated rings. The molecule has 20 heavy (non-hydrogen) atoms. The number of piperazine rings is 1. The van der Waals surface area contributed by atoms with Crippen molar-refractivity contribution in [2.75, 3.05) is 31.5 Å². The lowest BCUT2D eigenvalue weighted by Gasteiger charge is -2.31. The Morgan fingerprint density at radius 3 is 3.10 bits per heavy atom. The van der Waals surface area contributed by atoms with Gasteiger partial charge in [-0.25, -0.2) is 0 Å². The summed E-state index contributed by atoms with van der Waals surface area (Å²) in [7, 11) is 0. The Bertz CT molecular complexity index is 509. The van der Waals surface area contributed by atoms with Gasteiger partial charge in [-0.3, -0.25) is 4.79 Å². The maximum absolute atomic E-state index is 11.9. The summed E-state index contributed by atoms with van der Waals surface area (Å²) in [5, 5.41) is 15.2. The fourth-order valence-corrected chi connectivity index (χ4v) is 2.38. The summed E-state index contributed by atoms with van der Waals surface area (Å²) in [5.74, 6) is -0.0427. The van der Waals surface area contributed by atoms with E-state index in [1.54, 1.807) is 18.2 Å². The lowest BCUT2D eigenvalue weighted by molar-refractivity contribution is -0.116. The van der Waals surface area contributed by atoms with Crippen molar-refractivity contribution in [3.63, 3.8) is 0 Å². The number of carbonyl (C=O) groups is 1. The van der Waals surface area contributed by atoms with Crippen LogP contribution in [-0.4, -0.2) is 43.0 Å². The predicted octanol–water partition coefficient (Wildman–Crippen LogP) is 1.18. The minimum absolute atomic E-state index is 0.0427. The molecule has 0 radical (unpaired) electrons. The standard InChI is InChI=1S/C15H20N4O/c1-12-11-19(9-7-17-12)8-6-15(20)18-14-5-3-2-4-13(14)10-16/h2-5,12,17H,6-9,11H2,1H3,(H,18,20). The van der Waals surface area contributed by atoms with Crippen molar-refractivity contribution >= 4 is 11.6 Å². The second kappa shape index (κ2) is 7.04. The van der Waals surface area contributed by atoms with Crippen LogP contribution < -0.4 is 10.6 Å². The summed E-state index contributed by atoms with van der Waals surface area (Å²) in [5.41, 5.74) is 1.09. The molecule has 0 spiro atoms. The van der Waals surface area contributed by atoms with Crippen LogP contribution in [0.2, 0.25) is 0 Å². The average molecular weight is 272 g/mol. The van der Waals surface area contributed by atoms with Crippen LogP contribution in [0.3, 0.4) is 0 Å². The molecular weight excluding hydrogens is 252 g/mol. The van der Waals surface area contributed by atoms with E-state index in [1.807, 2.05) is 6.07 Å². The van der Waals surface area contributed by atoms with Gasteiger partial charge in [0.15, 0.2) is 0 Å². The molecule has 1 atom stereocenters. The molecule has 2 N–H and O–H groups in total. The van der Waals surface area contributed by atoms with Crippen molar-refractivity contribution in [3.05, 3.63) is 29.8 Å². The number of nitriles is 1. The molecule has 1 amide bonds. The molecule has 1 unspecified atom stereocenters. The Kier molecular flexibility index (Phi) is 5.10. The lowest BCUT2D eigenvalue weighted by atomic mass is 10.2. The van der Waals surface area contributed by atoms with Crippen molar-refractivity contribution in [1.29, 1.82) is 5.26 Å². The Balaban J connectivity index is 1.82. The van der Waals surface area contributed by atoms with E-state index < -0.39 is 0 Å². The zero-order valence-electron chi connectivity index (χ0n) is 11.7. The minimum atomic E-state index is -0.0427. The average Bonchev–Trinajstić information content (AvgIpc) is 2.46. The number of nitrogens with zero attached hydrogens (tertiary/aromatic N) is 2. The molecule has 1 aromatic rings. The zero-order chi connectivity index (χ0) is 14.4. The van der Waals surface area contributed by atoms with Gasteiger partial charge in [0.05, 0.1) is 11.3 Å². The molecule has 1 aliphatic rings.